The molecule has 8 heteroatoms. The first kappa shape index (κ1) is 14.3. The van der Waals surface area contributed by atoms with Crippen LogP contribution >= 0.6 is 11.8 Å². The fourth-order valence-electron chi connectivity index (χ4n) is 1.75. The molecule has 112 valence electrons. The Morgan fingerprint density at radius 2 is 2.32 bits per heavy atom. The molecule has 0 saturated heterocycles. The van der Waals surface area contributed by atoms with Gasteiger partial charge in [-0.15, -0.1) is 0 Å². The van der Waals surface area contributed by atoms with Crippen LogP contribution in [0.15, 0.2) is 52.6 Å². The van der Waals surface area contributed by atoms with Crippen LogP contribution in [-0.4, -0.2) is 26.1 Å². The third-order valence-electron chi connectivity index (χ3n) is 2.81. The van der Waals surface area contributed by atoms with Crippen LogP contribution in [0.4, 0.5) is 0 Å². The topological polar surface area (TPSA) is 96.7 Å². The number of H-pyrrole nitrogens is 1. The van der Waals surface area contributed by atoms with Gasteiger partial charge in [0.1, 0.15) is 12.1 Å². The van der Waals surface area contributed by atoms with Crippen molar-refractivity contribution >= 4 is 17.7 Å². The zero-order valence-electron chi connectivity index (χ0n) is 11.5. The summed E-state index contributed by atoms with van der Waals surface area (Å²) in [5.41, 5.74) is 0.934. The second-order valence-electron chi connectivity index (χ2n) is 4.39. The molecule has 0 radical (unpaired) electrons. The van der Waals surface area contributed by atoms with E-state index in [0.29, 0.717) is 23.2 Å². The number of aromatic nitrogens is 4. The van der Waals surface area contributed by atoms with E-state index in [4.69, 9.17) is 4.42 Å². The third-order valence-corrected chi connectivity index (χ3v) is 3.70. The van der Waals surface area contributed by atoms with E-state index < -0.39 is 0 Å². The smallest absolute Gasteiger partial charge is 0.287 e. The Labute approximate surface area is 130 Å². The van der Waals surface area contributed by atoms with E-state index in [9.17, 15) is 4.79 Å². The monoisotopic (exact) mass is 315 g/mol. The zero-order valence-corrected chi connectivity index (χ0v) is 12.3. The molecule has 22 heavy (non-hydrogen) atoms. The van der Waals surface area contributed by atoms with Gasteiger partial charge in [-0.25, -0.2) is 4.98 Å². The number of hydrogen-bond donors (Lipinski definition) is 2. The molecule has 0 unspecified atom stereocenters. The predicted octanol–water partition coefficient (Wildman–Crippen LogP) is 2.02. The van der Waals surface area contributed by atoms with Gasteiger partial charge in [0.15, 0.2) is 10.9 Å². The molecule has 7 nitrogen and oxygen atoms in total. The molecular formula is C14H13N5O2S. The minimum Gasteiger partial charge on any atom is -0.455 e. The number of nitrogens with one attached hydrogen (secondary N) is 2. The van der Waals surface area contributed by atoms with Gasteiger partial charge in [-0.2, -0.15) is 5.10 Å². The molecule has 0 bridgehead atoms. The number of carbonyl (C=O) groups is 1. The van der Waals surface area contributed by atoms with E-state index in [2.05, 4.69) is 25.5 Å². The lowest BCUT2D eigenvalue weighted by atomic mass is 10.3. The first-order valence-corrected chi connectivity index (χ1v) is 7.54. The van der Waals surface area contributed by atoms with Gasteiger partial charge >= 0.3 is 0 Å². The Kier molecular flexibility index (Phi) is 4.50. The van der Waals surface area contributed by atoms with Crippen molar-refractivity contribution in [2.24, 2.45) is 0 Å². The standard InChI is InChI=1S/C14H13N5O2S/c20-13(16-7-10-2-1-5-15-6-10)12-4-3-11(21-12)8-22-14-17-9-18-19-14/h1-6,9H,7-8H2,(H,16,20)(H,17,18,19). The molecule has 0 atom stereocenters. The van der Waals surface area contributed by atoms with Gasteiger partial charge in [0.25, 0.3) is 5.91 Å². The Bertz CT molecular complexity index is 727. The summed E-state index contributed by atoms with van der Waals surface area (Å²) in [7, 11) is 0. The second kappa shape index (κ2) is 6.90. The number of carbonyl (C=O) groups excluding carboxylic acids is 1. The van der Waals surface area contributed by atoms with E-state index in [1.54, 1.807) is 24.5 Å². The summed E-state index contributed by atoms with van der Waals surface area (Å²) in [5.74, 6) is 1.31. The predicted molar refractivity (Wildman–Crippen MR) is 80.1 cm³/mol. The quantitative estimate of drug-likeness (QED) is 0.675. The molecule has 3 heterocycles. The fourth-order valence-corrected chi connectivity index (χ4v) is 2.43. The number of amides is 1. The molecule has 0 aliphatic heterocycles. The second-order valence-corrected chi connectivity index (χ2v) is 5.35. The zero-order chi connectivity index (χ0) is 15.2. The molecule has 2 N–H and O–H groups in total. The summed E-state index contributed by atoms with van der Waals surface area (Å²) in [6.45, 7) is 0.412. The van der Waals surface area contributed by atoms with Crippen LogP contribution in [0.2, 0.25) is 0 Å². The lowest BCUT2D eigenvalue weighted by molar-refractivity contribution is 0.0921. The maximum atomic E-state index is 12.0. The number of rotatable bonds is 6. The maximum Gasteiger partial charge on any atom is 0.287 e. The minimum atomic E-state index is -0.250. The first-order chi connectivity index (χ1) is 10.8. The van der Waals surface area contributed by atoms with Crippen molar-refractivity contribution in [3.8, 4) is 0 Å². The van der Waals surface area contributed by atoms with Crippen LogP contribution in [0.3, 0.4) is 0 Å². The molecule has 0 aliphatic rings. The number of nitrogens with zero attached hydrogens (tertiary/aromatic N) is 3. The molecule has 3 rings (SSSR count). The van der Waals surface area contributed by atoms with Crippen molar-refractivity contribution in [2.45, 2.75) is 17.5 Å². The molecule has 0 saturated carbocycles. The maximum absolute atomic E-state index is 12.0. The Morgan fingerprint density at radius 1 is 1.36 bits per heavy atom. The molecule has 0 aliphatic carbocycles. The number of hydrogen-bond acceptors (Lipinski definition) is 6. The summed E-state index contributed by atoms with van der Waals surface area (Å²) in [6, 6.07) is 7.17. The minimum absolute atomic E-state index is 0.250. The Balaban J connectivity index is 1.52. The molecular weight excluding hydrogens is 302 g/mol. The van der Waals surface area contributed by atoms with Crippen LogP contribution < -0.4 is 5.32 Å². The van der Waals surface area contributed by atoms with Crippen LogP contribution in [0, 0.1) is 0 Å². The lowest BCUT2D eigenvalue weighted by Gasteiger charge is -2.02. The number of furan rings is 1. The number of pyridine rings is 1. The highest BCUT2D eigenvalue weighted by molar-refractivity contribution is 7.98. The molecule has 0 fully saturated rings. The van der Waals surface area contributed by atoms with Gasteiger partial charge in [-0.05, 0) is 23.8 Å². The van der Waals surface area contributed by atoms with Crippen molar-refractivity contribution in [1.82, 2.24) is 25.5 Å². The summed E-state index contributed by atoms with van der Waals surface area (Å²) in [5, 5.41) is 10.0. The third kappa shape index (κ3) is 3.73. The van der Waals surface area contributed by atoms with Crippen molar-refractivity contribution in [3.05, 3.63) is 60.1 Å². The lowest BCUT2D eigenvalue weighted by Crippen LogP contribution is -2.22. The van der Waals surface area contributed by atoms with Crippen molar-refractivity contribution < 1.29 is 9.21 Å². The summed E-state index contributed by atoms with van der Waals surface area (Å²) in [6.07, 6.45) is 4.85. The highest BCUT2D eigenvalue weighted by Crippen LogP contribution is 2.20. The number of aromatic amines is 1. The van der Waals surface area contributed by atoms with E-state index in [1.165, 1.54) is 18.1 Å². The van der Waals surface area contributed by atoms with Crippen molar-refractivity contribution in [3.63, 3.8) is 0 Å². The van der Waals surface area contributed by atoms with Gasteiger partial charge in [-0.1, -0.05) is 17.8 Å². The van der Waals surface area contributed by atoms with E-state index in [0.717, 1.165) is 5.56 Å². The fraction of sp³-hybridized carbons (Fsp3) is 0.143. The summed E-state index contributed by atoms with van der Waals surface area (Å²) in [4.78, 5) is 20.0. The molecule has 1 amide bonds. The van der Waals surface area contributed by atoms with E-state index in [-0.39, 0.29) is 11.7 Å². The van der Waals surface area contributed by atoms with E-state index in [1.807, 2.05) is 12.1 Å². The Hall–Kier alpha value is -2.61. The van der Waals surface area contributed by atoms with Gasteiger partial charge in [0, 0.05) is 18.9 Å². The largest absolute Gasteiger partial charge is 0.455 e. The van der Waals surface area contributed by atoms with Crippen LogP contribution in [-0.2, 0) is 12.3 Å². The molecule has 3 aromatic heterocycles. The van der Waals surface area contributed by atoms with Crippen molar-refractivity contribution in [2.75, 3.05) is 0 Å². The highest BCUT2D eigenvalue weighted by Gasteiger charge is 2.11. The molecule has 0 spiro atoms. The summed E-state index contributed by atoms with van der Waals surface area (Å²) < 4.78 is 5.52. The summed E-state index contributed by atoms with van der Waals surface area (Å²) >= 11 is 1.45. The first-order valence-electron chi connectivity index (χ1n) is 6.55. The normalized spacial score (nSPS) is 10.5. The van der Waals surface area contributed by atoms with Gasteiger partial charge < -0.3 is 9.73 Å². The van der Waals surface area contributed by atoms with Crippen LogP contribution in [0.25, 0.3) is 0 Å². The van der Waals surface area contributed by atoms with Crippen LogP contribution in [0.5, 0.6) is 0 Å². The number of thioether (sulfide) groups is 1. The van der Waals surface area contributed by atoms with Gasteiger partial charge in [0.05, 0.1) is 5.75 Å². The van der Waals surface area contributed by atoms with Crippen molar-refractivity contribution in [1.29, 1.82) is 0 Å². The van der Waals surface area contributed by atoms with Gasteiger partial charge in [-0.3, -0.25) is 14.9 Å². The van der Waals surface area contributed by atoms with E-state index >= 15 is 0 Å². The average Bonchev–Trinajstić information content (AvgIpc) is 3.23. The average molecular weight is 315 g/mol. The van der Waals surface area contributed by atoms with Gasteiger partial charge in [0.2, 0.25) is 0 Å². The molecule has 0 aromatic carbocycles. The Morgan fingerprint density at radius 3 is 3.09 bits per heavy atom. The molecule has 3 aromatic rings. The van der Waals surface area contributed by atoms with Crippen LogP contribution in [0.1, 0.15) is 21.9 Å². The SMILES string of the molecule is O=C(NCc1cccnc1)c1ccc(CSc2ncn[nH]2)o1. The highest BCUT2D eigenvalue weighted by atomic mass is 32.2.